The minimum Gasteiger partial charge on any atom is -0.289 e. The summed E-state index contributed by atoms with van der Waals surface area (Å²) >= 11 is 6.30. The van der Waals surface area contributed by atoms with Crippen molar-refractivity contribution in [3.63, 3.8) is 0 Å². The second-order valence-electron chi connectivity index (χ2n) is 5.46. The molecule has 0 radical (unpaired) electrons. The molecule has 2 heterocycles. The molecular weight excluding hydrogens is 372 g/mol. The van der Waals surface area contributed by atoms with E-state index in [0.717, 1.165) is 11.8 Å². The summed E-state index contributed by atoms with van der Waals surface area (Å²) in [6.45, 7) is 0. The maximum atomic E-state index is 12.6. The van der Waals surface area contributed by atoms with E-state index in [9.17, 15) is 23.3 Å². The molecule has 2 fully saturated rings. The highest BCUT2D eigenvalue weighted by atomic mass is 32.2. The SMILES string of the molecule is O=C1/C(=C\c2cccc([N+](=O)[O-])c2)SC(=S)N1[C@@H]1CCS(=O)(=O)C1. The third-order valence-corrected chi connectivity index (χ3v) is 6.86. The standard InChI is InChI=1S/C14H12N2O5S3/c17-13-12(7-9-2-1-3-10(6-9)16(18)19)23-14(22)15(13)11-4-5-24(20,21)8-11/h1-3,6-7,11H,4-5,8H2/b12-7+/t11-/m1/s1. The molecule has 1 aromatic rings. The van der Waals surface area contributed by atoms with Crippen LogP contribution in [-0.4, -0.2) is 46.0 Å². The van der Waals surface area contributed by atoms with Crippen LogP contribution in [0.1, 0.15) is 12.0 Å². The van der Waals surface area contributed by atoms with E-state index >= 15 is 0 Å². The first kappa shape index (κ1) is 17.1. The van der Waals surface area contributed by atoms with E-state index in [2.05, 4.69) is 0 Å². The molecule has 0 aliphatic carbocycles. The highest BCUT2D eigenvalue weighted by molar-refractivity contribution is 8.26. The fourth-order valence-corrected chi connectivity index (χ4v) is 5.75. The van der Waals surface area contributed by atoms with Gasteiger partial charge >= 0.3 is 0 Å². The van der Waals surface area contributed by atoms with E-state index in [1.54, 1.807) is 6.07 Å². The molecule has 126 valence electrons. The van der Waals surface area contributed by atoms with Crippen LogP contribution in [0.2, 0.25) is 0 Å². The number of hydrogen-bond donors (Lipinski definition) is 0. The number of rotatable bonds is 3. The topological polar surface area (TPSA) is 97.6 Å². The molecule has 7 nitrogen and oxygen atoms in total. The maximum Gasteiger partial charge on any atom is 0.270 e. The summed E-state index contributed by atoms with van der Waals surface area (Å²) in [5, 5.41) is 10.8. The molecule has 1 aromatic carbocycles. The van der Waals surface area contributed by atoms with E-state index in [1.807, 2.05) is 0 Å². The molecule has 2 saturated heterocycles. The zero-order valence-corrected chi connectivity index (χ0v) is 14.7. The first-order valence-corrected chi connectivity index (χ1v) is 10.0. The predicted molar refractivity (Wildman–Crippen MR) is 95.2 cm³/mol. The van der Waals surface area contributed by atoms with Crippen LogP contribution in [0.5, 0.6) is 0 Å². The number of nitro groups is 1. The van der Waals surface area contributed by atoms with Crippen LogP contribution in [0.4, 0.5) is 5.69 Å². The van der Waals surface area contributed by atoms with Gasteiger partial charge in [-0.3, -0.25) is 19.8 Å². The highest BCUT2D eigenvalue weighted by Crippen LogP contribution is 2.36. The molecule has 0 unspecified atom stereocenters. The monoisotopic (exact) mass is 384 g/mol. The first-order chi connectivity index (χ1) is 11.3. The molecule has 0 aromatic heterocycles. The summed E-state index contributed by atoms with van der Waals surface area (Å²) in [4.78, 5) is 24.6. The van der Waals surface area contributed by atoms with E-state index in [4.69, 9.17) is 12.2 Å². The third-order valence-electron chi connectivity index (χ3n) is 3.78. The smallest absolute Gasteiger partial charge is 0.270 e. The number of nitro benzene ring substituents is 1. The second-order valence-corrected chi connectivity index (χ2v) is 9.37. The van der Waals surface area contributed by atoms with Gasteiger partial charge < -0.3 is 0 Å². The van der Waals surface area contributed by atoms with Gasteiger partial charge in [0.2, 0.25) is 0 Å². The molecular formula is C14H12N2O5S3. The molecule has 2 aliphatic rings. The largest absolute Gasteiger partial charge is 0.289 e. The fraction of sp³-hybridized carbons (Fsp3) is 0.286. The van der Waals surface area contributed by atoms with Gasteiger partial charge in [-0.05, 0) is 18.1 Å². The molecule has 0 bridgehead atoms. The molecule has 3 rings (SSSR count). The van der Waals surface area contributed by atoms with Crippen LogP contribution in [0.3, 0.4) is 0 Å². The number of thiocarbonyl (C=S) groups is 1. The predicted octanol–water partition coefficient (Wildman–Crippen LogP) is 1.98. The molecule has 0 saturated carbocycles. The van der Waals surface area contributed by atoms with Crippen molar-refractivity contribution in [1.82, 2.24) is 4.90 Å². The van der Waals surface area contributed by atoms with Crippen molar-refractivity contribution in [2.24, 2.45) is 0 Å². The van der Waals surface area contributed by atoms with Gasteiger partial charge in [-0.15, -0.1) is 0 Å². The number of sulfone groups is 1. The van der Waals surface area contributed by atoms with Crippen molar-refractivity contribution in [2.75, 3.05) is 11.5 Å². The lowest BCUT2D eigenvalue weighted by Crippen LogP contribution is -2.39. The second kappa shape index (κ2) is 6.26. The summed E-state index contributed by atoms with van der Waals surface area (Å²) in [5.41, 5.74) is 0.449. The van der Waals surface area contributed by atoms with Crippen molar-refractivity contribution < 1.29 is 18.1 Å². The lowest BCUT2D eigenvalue weighted by atomic mass is 10.1. The molecule has 1 amide bonds. The average molecular weight is 384 g/mol. The van der Waals surface area contributed by atoms with Gasteiger partial charge in [0.25, 0.3) is 11.6 Å². The zero-order chi connectivity index (χ0) is 17.5. The van der Waals surface area contributed by atoms with Gasteiger partial charge in [0, 0.05) is 12.1 Å². The van der Waals surface area contributed by atoms with E-state index in [0.29, 0.717) is 21.2 Å². The van der Waals surface area contributed by atoms with Crippen molar-refractivity contribution in [3.8, 4) is 0 Å². The van der Waals surface area contributed by atoms with Crippen LogP contribution in [0.25, 0.3) is 6.08 Å². The summed E-state index contributed by atoms with van der Waals surface area (Å²) in [7, 11) is -3.13. The Bertz CT molecular complexity index is 878. The van der Waals surface area contributed by atoms with E-state index in [-0.39, 0.29) is 23.1 Å². The van der Waals surface area contributed by atoms with Gasteiger partial charge in [0.15, 0.2) is 9.84 Å². The fourth-order valence-electron chi connectivity index (χ4n) is 2.65. The molecule has 0 N–H and O–H groups in total. The average Bonchev–Trinajstić information content (AvgIpc) is 2.99. The van der Waals surface area contributed by atoms with Gasteiger partial charge in [-0.2, -0.15) is 0 Å². The van der Waals surface area contributed by atoms with Crippen LogP contribution >= 0.6 is 24.0 Å². The third kappa shape index (κ3) is 3.35. The van der Waals surface area contributed by atoms with Crippen LogP contribution in [0, 0.1) is 10.1 Å². The first-order valence-electron chi connectivity index (χ1n) is 6.99. The quantitative estimate of drug-likeness (QED) is 0.340. The van der Waals surface area contributed by atoms with Gasteiger partial charge in [-0.1, -0.05) is 36.1 Å². The highest BCUT2D eigenvalue weighted by Gasteiger charge is 2.42. The Balaban J connectivity index is 1.86. The van der Waals surface area contributed by atoms with Crippen LogP contribution in [-0.2, 0) is 14.6 Å². The number of benzene rings is 1. The molecule has 0 spiro atoms. The Morgan fingerprint density at radius 2 is 2.17 bits per heavy atom. The lowest BCUT2D eigenvalue weighted by Gasteiger charge is -2.20. The number of amides is 1. The lowest BCUT2D eigenvalue weighted by molar-refractivity contribution is -0.384. The summed E-state index contributed by atoms with van der Waals surface area (Å²) in [5.74, 6) is -0.374. The number of hydrogen-bond acceptors (Lipinski definition) is 7. The Labute approximate surface area is 147 Å². The van der Waals surface area contributed by atoms with E-state index in [1.165, 1.54) is 29.2 Å². The van der Waals surface area contributed by atoms with Crippen LogP contribution < -0.4 is 0 Å². The summed E-state index contributed by atoms with van der Waals surface area (Å²) in [6.07, 6.45) is 1.91. The maximum absolute atomic E-state index is 12.6. The minimum atomic E-state index is -3.13. The van der Waals surface area contributed by atoms with Crippen molar-refractivity contribution in [2.45, 2.75) is 12.5 Å². The van der Waals surface area contributed by atoms with Gasteiger partial charge in [0.1, 0.15) is 4.32 Å². The normalized spacial score (nSPS) is 24.8. The number of carbonyl (C=O) groups is 1. The van der Waals surface area contributed by atoms with E-state index < -0.39 is 20.8 Å². The molecule has 1 atom stereocenters. The molecule has 2 aliphatic heterocycles. The Hall–Kier alpha value is -1.78. The van der Waals surface area contributed by atoms with Crippen molar-refractivity contribution >= 4 is 55.8 Å². The Morgan fingerprint density at radius 1 is 1.42 bits per heavy atom. The number of thioether (sulfide) groups is 1. The number of nitrogens with zero attached hydrogens (tertiary/aromatic N) is 2. The van der Waals surface area contributed by atoms with Gasteiger partial charge in [0.05, 0.1) is 27.4 Å². The minimum absolute atomic E-state index is 0.0542. The number of non-ortho nitro benzene ring substituents is 1. The molecule has 24 heavy (non-hydrogen) atoms. The number of carbonyl (C=O) groups excluding carboxylic acids is 1. The summed E-state index contributed by atoms with van der Waals surface area (Å²) in [6, 6.07) is 5.49. The van der Waals surface area contributed by atoms with Crippen molar-refractivity contribution in [1.29, 1.82) is 0 Å². The van der Waals surface area contributed by atoms with Crippen molar-refractivity contribution in [3.05, 3.63) is 44.8 Å². The van der Waals surface area contributed by atoms with Gasteiger partial charge in [-0.25, -0.2) is 8.42 Å². The van der Waals surface area contributed by atoms with Crippen LogP contribution in [0.15, 0.2) is 29.2 Å². The molecule has 10 heteroatoms. The Morgan fingerprint density at radius 3 is 2.79 bits per heavy atom. The summed E-state index contributed by atoms with van der Waals surface area (Å²) < 4.78 is 23.6. The Kier molecular flexibility index (Phi) is 4.45. The zero-order valence-electron chi connectivity index (χ0n) is 12.2.